The summed E-state index contributed by atoms with van der Waals surface area (Å²) in [5.41, 5.74) is 2.98. The molecule has 0 fully saturated rings. The third-order valence-corrected chi connectivity index (χ3v) is 5.96. The number of ether oxygens (including phenoxy) is 1. The summed E-state index contributed by atoms with van der Waals surface area (Å²) < 4.78 is 31.7. The lowest BCUT2D eigenvalue weighted by molar-refractivity contribution is -0.116. The lowest BCUT2D eigenvalue weighted by Gasteiger charge is -2.28. The van der Waals surface area contributed by atoms with Crippen molar-refractivity contribution in [1.29, 1.82) is 0 Å². The summed E-state index contributed by atoms with van der Waals surface area (Å²) in [7, 11) is -3.66. The molecule has 1 atom stereocenters. The minimum absolute atomic E-state index is 0.426. The topological polar surface area (TPSA) is 75.7 Å². The van der Waals surface area contributed by atoms with Crippen LogP contribution < -0.4 is 14.4 Å². The van der Waals surface area contributed by atoms with Crippen LogP contribution in [0.15, 0.2) is 78.9 Å². The minimum atomic E-state index is -3.66. The van der Waals surface area contributed by atoms with Crippen molar-refractivity contribution in [2.24, 2.45) is 0 Å². The van der Waals surface area contributed by atoms with E-state index >= 15 is 0 Å². The number of carbonyl (C=O) groups excluding carboxylic acids is 1. The van der Waals surface area contributed by atoms with E-state index in [4.69, 9.17) is 4.74 Å². The van der Waals surface area contributed by atoms with Gasteiger partial charge in [0, 0.05) is 5.69 Å². The first kappa shape index (κ1) is 22.4. The van der Waals surface area contributed by atoms with Crippen LogP contribution in [0.1, 0.15) is 18.1 Å². The van der Waals surface area contributed by atoms with E-state index in [2.05, 4.69) is 5.32 Å². The summed E-state index contributed by atoms with van der Waals surface area (Å²) in [6.07, 6.45) is 1.10. The van der Waals surface area contributed by atoms with E-state index in [0.717, 1.165) is 21.7 Å². The van der Waals surface area contributed by atoms with Crippen LogP contribution in [0.3, 0.4) is 0 Å². The first-order valence-corrected chi connectivity index (χ1v) is 11.7. The fourth-order valence-corrected chi connectivity index (χ4v) is 4.36. The number of sulfonamides is 1. The van der Waals surface area contributed by atoms with Gasteiger partial charge in [-0.3, -0.25) is 9.10 Å². The molecule has 0 aliphatic heterocycles. The van der Waals surface area contributed by atoms with Crippen molar-refractivity contribution in [1.82, 2.24) is 0 Å². The molecule has 0 heterocycles. The normalized spacial score (nSPS) is 12.1. The Bertz CT molecular complexity index is 1130. The van der Waals surface area contributed by atoms with Gasteiger partial charge in [0.25, 0.3) is 0 Å². The van der Waals surface area contributed by atoms with Crippen LogP contribution in [0.25, 0.3) is 0 Å². The summed E-state index contributed by atoms with van der Waals surface area (Å²) in [6.45, 7) is 3.88. The molecule has 0 saturated carbocycles. The maximum atomic E-state index is 12.8. The van der Waals surface area contributed by atoms with Crippen molar-refractivity contribution in [2.75, 3.05) is 15.9 Å². The van der Waals surface area contributed by atoms with Gasteiger partial charge in [-0.05, 0) is 61.4 Å². The highest BCUT2D eigenvalue weighted by molar-refractivity contribution is 7.92. The number of carbonyl (C=O) groups is 1. The molecular formula is C24H26N2O4S. The van der Waals surface area contributed by atoms with Crippen LogP contribution in [0, 0.1) is 6.92 Å². The number of amides is 1. The summed E-state index contributed by atoms with van der Waals surface area (Å²) in [5.74, 6) is 0.248. The number of aryl methyl sites for hydroxylation is 1. The quantitative estimate of drug-likeness (QED) is 0.567. The van der Waals surface area contributed by atoms with E-state index in [1.54, 1.807) is 49.4 Å². The molecule has 162 valence electrons. The van der Waals surface area contributed by atoms with Gasteiger partial charge in [0.1, 0.15) is 18.4 Å². The van der Waals surface area contributed by atoms with Crippen LogP contribution >= 0.6 is 0 Å². The molecule has 0 aliphatic rings. The van der Waals surface area contributed by atoms with Gasteiger partial charge in [-0.25, -0.2) is 8.42 Å². The Hall–Kier alpha value is -3.32. The molecule has 31 heavy (non-hydrogen) atoms. The lowest BCUT2D eigenvalue weighted by Crippen LogP contribution is -2.45. The van der Waals surface area contributed by atoms with Gasteiger partial charge in [0.2, 0.25) is 15.9 Å². The predicted molar refractivity (Wildman–Crippen MR) is 124 cm³/mol. The molecular weight excluding hydrogens is 412 g/mol. The Labute approximate surface area is 183 Å². The second kappa shape index (κ2) is 9.66. The number of anilines is 2. The molecule has 0 spiro atoms. The molecule has 1 N–H and O–H groups in total. The summed E-state index contributed by atoms with van der Waals surface area (Å²) in [6, 6.07) is 22.9. The van der Waals surface area contributed by atoms with Gasteiger partial charge in [-0.15, -0.1) is 0 Å². The van der Waals surface area contributed by atoms with Crippen molar-refractivity contribution >= 4 is 27.3 Å². The van der Waals surface area contributed by atoms with Gasteiger partial charge >= 0.3 is 0 Å². The van der Waals surface area contributed by atoms with Gasteiger partial charge in [0.15, 0.2) is 0 Å². The lowest BCUT2D eigenvalue weighted by atomic mass is 10.2. The second-order valence-corrected chi connectivity index (χ2v) is 9.22. The third-order valence-electron chi connectivity index (χ3n) is 4.71. The number of hydrogen-bond acceptors (Lipinski definition) is 4. The molecule has 1 amide bonds. The summed E-state index contributed by atoms with van der Waals surface area (Å²) in [4.78, 5) is 12.8. The Morgan fingerprint density at radius 2 is 1.68 bits per heavy atom. The second-order valence-electron chi connectivity index (χ2n) is 7.36. The van der Waals surface area contributed by atoms with Crippen molar-refractivity contribution in [2.45, 2.75) is 26.5 Å². The molecule has 0 aliphatic carbocycles. The minimum Gasteiger partial charge on any atom is -0.489 e. The standard InChI is InChI=1S/C24H26N2O4S/c1-18-8-7-11-22(16-18)26(31(3,28)29)19(2)24(27)25-21-12-14-23(15-13-21)30-17-20-9-5-4-6-10-20/h4-16,19H,17H2,1-3H3,(H,25,27)/t19-/m0/s1. The first-order chi connectivity index (χ1) is 14.7. The van der Waals surface area contributed by atoms with E-state index < -0.39 is 22.0 Å². The molecule has 3 rings (SSSR count). The SMILES string of the molecule is Cc1cccc(N([C@@H](C)C(=O)Nc2ccc(OCc3ccccc3)cc2)S(C)(=O)=O)c1. The van der Waals surface area contributed by atoms with Crippen LogP contribution in [0.4, 0.5) is 11.4 Å². The zero-order valence-corrected chi connectivity index (χ0v) is 18.6. The highest BCUT2D eigenvalue weighted by Gasteiger charge is 2.29. The predicted octanol–water partition coefficient (Wildman–Crippen LogP) is 4.37. The Kier molecular flexibility index (Phi) is 6.97. The Morgan fingerprint density at radius 3 is 2.29 bits per heavy atom. The highest BCUT2D eigenvalue weighted by Crippen LogP contribution is 2.23. The molecule has 0 unspecified atom stereocenters. The molecule has 0 saturated heterocycles. The van der Waals surface area contributed by atoms with Crippen molar-refractivity contribution in [3.63, 3.8) is 0 Å². The van der Waals surface area contributed by atoms with E-state index in [-0.39, 0.29) is 0 Å². The number of nitrogens with one attached hydrogen (secondary N) is 1. The van der Waals surface area contributed by atoms with E-state index in [1.807, 2.05) is 43.3 Å². The zero-order chi connectivity index (χ0) is 22.4. The zero-order valence-electron chi connectivity index (χ0n) is 17.8. The van der Waals surface area contributed by atoms with Crippen LogP contribution in [0.5, 0.6) is 5.75 Å². The fraction of sp³-hybridized carbons (Fsp3) is 0.208. The van der Waals surface area contributed by atoms with E-state index in [1.165, 1.54) is 0 Å². The van der Waals surface area contributed by atoms with Crippen LogP contribution in [-0.2, 0) is 21.4 Å². The number of hydrogen-bond donors (Lipinski definition) is 1. The van der Waals surface area contributed by atoms with Gasteiger partial charge in [-0.1, -0.05) is 42.5 Å². The number of benzene rings is 3. The molecule has 0 bridgehead atoms. The van der Waals surface area contributed by atoms with Gasteiger partial charge in [-0.2, -0.15) is 0 Å². The Morgan fingerprint density at radius 1 is 1.00 bits per heavy atom. The molecule has 0 radical (unpaired) electrons. The summed E-state index contributed by atoms with van der Waals surface area (Å²) >= 11 is 0. The van der Waals surface area contributed by atoms with Crippen molar-refractivity contribution in [3.8, 4) is 5.75 Å². The fourth-order valence-electron chi connectivity index (χ4n) is 3.20. The third kappa shape index (κ3) is 6.08. The van der Waals surface area contributed by atoms with Crippen LogP contribution in [0.2, 0.25) is 0 Å². The average molecular weight is 439 g/mol. The van der Waals surface area contributed by atoms with Crippen molar-refractivity contribution < 1.29 is 17.9 Å². The van der Waals surface area contributed by atoms with Gasteiger partial charge < -0.3 is 10.1 Å². The highest BCUT2D eigenvalue weighted by atomic mass is 32.2. The summed E-state index contributed by atoms with van der Waals surface area (Å²) in [5, 5.41) is 2.78. The van der Waals surface area contributed by atoms with E-state index in [9.17, 15) is 13.2 Å². The maximum absolute atomic E-state index is 12.8. The van der Waals surface area contributed by atoms with E-state index in [0.29, 0.717) is 23.7 Å². The molecule has 6 nitrogen and oxygen atoms in total. The maximum Gasteiger partial charge on any atom is 0.247 e. The molecule has 3 aromatic carbocycles. The molecule has 3 aromatic rings. The van der Waals surface area contributed by atoms with Crippen LogP contribution in [-0.4, -0.2) is 26.6 Å². The largest absolute Gasteiger partial charge is 0.489 e. The molecule has 0 aromatic heterocycles. The smallest absolute Gasteiger partial charge is 0.247 e. The average Bonchev–Trinajstić information content (AvgIpc) is 2.73. The van der Waals surface area contributed by atoms with Gasteiger partial charge in [0.05, 0.1) is 11.9 Å². The first-order valence-electron chi connectivity index (χ1n) is 9.88. The molecule has 7 heteroatoms. The monoisotopic (exact) mass is 438 g/mol. The number of rotatable bonds is 8. The number of nitrogens with zero attached hydrogens (tertiary/aromatic N) is 1. The van der Waals surface area contributed by atoms with Crippen molar-refractivity contribution in [3.05, 3.63) is 90.0 Å². The Balaban J connectivity index is 1.67.